The molecule has 0 aliphatic heterocycles. The number of nitrogens with zero attached hydrogens (tertiary/aromatic N) is 2. The van der Waals surface area contributed by atoms with Gasteiger partial charge in [0.25, 0.3) is 5.91 Å². The molecule has 0 fully saturated rings. The van der Waals surface area contributed by atoms with E-state index in [1.54, 1.807) is 23.1 Å². The molecular weight excluding hydrogens is 540 g/mol. The maximum Gasteiger partial charge on any atom is 0.303 e. The van der Waals surface area contributed by atoms with Crippen LogP contribution in [-0.4, -0.2) is 35.1 Å². The van der Waals surface area contributed by atoms with Crippen LogP contribution in [0, 0.1) is 6.92 Å². The Morgan fingerprint density at radius 2 is 1.53 bits per heavy atom. The van der Waals surface area contributed by atoms with Gasteiger partial charge in [0.1, 0.15) is 11.5 Å². The minimum Gasteiger partial charge on any atom is -0.493 e. The van der Waals surface area contributed by atoms with E-state index >= 15 is 0 Å². The molecule has 1 aromatic heterocycles. The molecule has 0 saturated carbocycles. The van der Waals surface area contributed by atoms with Gasteiger partial charge in [-0.1, -0.05) is 66.7 Å². The summed E-state index contributed by atoms with van der Waals surface area (Å²) in [5, 5.41) is 9.25. The predicted octanol–water partition coefficient (Wildman–Crippen LogP) is 7.62. The smallest absolute Gasteiger partial charge is 0.303 e. The Balaban J connectivity index is 1.31. The average Bonchev–Trinajstić information content (AvgIpc) is 3.41. The van der Waals surface area contributed by atoms with Crippen LogP contribution < -0.4 is 9.64 Å². The molecule has 0 aliphatic rings. The average molecular weight is 575 g/mol. The zero-order valence-corrected chi connectivity index (χ0v) is 24.3. The van der Waals surface area contributed by atoms with Gasteiger partial charge in [-0.15, -0.1) is 0 Å². The van der Waals surface area contributed by atoms with E-state index in [-0.39, 0.29) is 18.7 Å². The number of rotatable bonds is 12. The molecular formula is C36H34N2O5. The molecule has 0 spiro atoms. The Morgan fingerprint density at radius 1 is 0.837 bits per heavy atom. The number of carboxylic acids is 1. The summed E-state index contributed by atoms with van der Waals surface area (Å²) >= 11 is 0. The fourth-order valence-corrected chi connectivity index (χ4v) is 5.01. The highest BCUT2D eigenvalue weighted by molar-refractivity contribution is 6.07. The molecule has 0 atom stereocenters. The van der Waals surface area contributed by atoms with Crippen molar-refractivity contribution in [1.29, 1.82) is 0 Å². The van der Waals surface area contributed by atoms with E-state index in [0.29, 0.717) is 42.3 Å². The van der Waals surface area contributed by atoms with E-state index in [1.807, 2.05) is 74.5 Å². The first-order valence-electron chi connectivity index (χ1n) is 14.4. The van der Waals surface area contributed by atoms with Crippen molar-refractivity contribution in [3.63, 3.8) is 0 Å². The predicted molar refractivity (Wildman–Crippen MR) is 168 cm³/mol. The molecule has 0 unspecified atom stereocenters. The number of hydrogen-bond donors (Lipinski definition) is 1. The molecule has 0 saturated heterocycles. The van der Waals surface area contributed by atoms with E-state index in [9.17, 15) is 14.7 Å². The molecule has 0 aliphatic carbocycles. The number of ether oxygens (including phenoxy) is 1. The Hall–Kier alpha value is -5.17. The van der Waals surface area contributed by atoms with Gasteiger partial charge in [-0.2, -0.15) is 0 Å². The van der Waals surface area contributed by atoms with E-state index < -0.39 is 5.97 Å². The van der Waals surface area contributed by atoms with Crippen LogP contribution in [0.1, 0.15) is 40.7 Å². The number of anilines is 1. The first-order valence-corrected chi connectivity index (χ1v) is 14.4. The minimum atomic E-state index is -0.914. The number of para-hydroxylation sites is 1. The zero-order chi connectivity index (χ0) is 30.2. The van der Waals surface area contributed by atoms with E-state index in [1.165, 1.54) is 0 Å². The Labute approximate surface area is 251 Å². The van der Waals surface area contributed by atoms with Gasteiger partial charge in [0.15, 0.2) is 0 Å². The molecule has 1 N–H and O–H groups in total. The van der Waals surface area contributed by atoms with Crippen LogP contribution in [0.15, 0.2) is 108 Å². The Kier molecular flexibility index (Phi) is 9.32. The van der Waals surface area contributed by atoms with Crippen LogP contribution >= 0.6 is 0 Å². The van der Waals surface area contributed by atoms with Crippen molar-refractivity contribution in [2.24, 2.45) is 0 Å². The quantitative estimate of drug-likeness (QED) is 0.165. The summed E-state index contributed by atoms with van der Waals surface area (Å²) in [7, 11) is 0. The number of aliphatic carboxylic acids is 1. The third-order valence-electron chi connectivity index (χ3n) is 7.27. The minimum absolute atomic E-state index is 0.0695. The zero-order valence-electron chi connectivity index (χ0n) is 24.3. The van der Waals surface area contributed by atoms with Gasteiger partial charge in [-0.25, -0.2) is 4.98 Å². The van der Waals surface area contributed by atoms with Crippen molar-refractivity contribution >= 4 is 17.6 Å². The number of benzene rings is 4. The van der Waals surface area contributed by atoms with Crippen LogP contribution in [0.3, 0.4) is 0 Å². The molecule has 43 heavy (non-hydrogen) atoms. The SMILES string of the molecule is CCN(C(=O)c1cc(OCCc2nc(-c3cccc(-c4ccccc4)c3)oc2C)ccc1CCC(=O)O)c1ccccc1. The first-order chi connectivity index (χ1) is 20.9. The molecule has 1 heterocycles. The molecule has 4 aromatic carbocycles. The first kappa shape index (κ1) is 29.3. The van der Waals surface area contributed by atoms with Gasteiger partial charge in [0.05, 0.1) is 12.3 Å². The van der Waals surface area contributed by atoms with E-state index in [0.717, 1.165) is 33.8 Å². The highest BCUT2D eigenvalue weighted by atomic mass is 16.5. The summed E-state index contributed by atoms with van der Waals surface area (Å²) in [4.78, 5) is 31.4. The number of carboxylic acid groups (broad SMARTS) is 1. The third kappa shape index (κ3) is 7.19. The van der Waals surface area contributed by atoms with Gasteiger partial charge < -0.3 is 19.2 Å². The van der Waals surface area contributed by atoms with Crippen LogP contribution in [0.5, 0.6) is 5.75 Å². The highest BCUT2D eigenvalue weighted by Crippen LogP contribution is 2.28. The lowest BCUT2D eigenvalue weighted by molar-refractivity contribution is -0.136. The maximum absolute atomic E-state index is 13.7. The van der Waals surface area contributed by atoms with E-state index in [2.05, 4.69) is 24.3 Å². The largest absolute Gasteiger partial charge is 0.493 e. The van der Waals surface area contributed by atoms with E-state index in [4.69, 9.17) is 14.1 Å². The molecule has 218 valence electrons. The molecule has 0 radical (unpaired) electrons. The van der Waals surface area contributed by atoms with Gasteiger partial charge in [0.2, 0.25) is 5.89 Å². The topological polar surface area (TPSA) is 92.9 Å². The summed E-state index contributed by atoms with van der Waals surface area (Å²) in [6.07, 6.45) is 0.693. The van der Waals surface area contributed by atoms with Crippen LogP contribution in [0.4, 0.5) is 5.69 Å². The van der Waals surface area contributed by atoms with Crippen LogP contribution in [0.2, 0.25) is 0 Å². The van der Waals surface area contributed by atoms with Crippen molar-refractivity contribution in [2.75, 3.05) is 18.1 Å². The maximum atomic E-state index is 13.7. The fraction of sp³-hybridized carbons (Fsp3) is 0.194. The summed E-state index contributed by atoms with van der Waals surface area (Å²) in [5.41, 5.74) is 5.79. The summed E-state index contributed by atoms with van der Waals surface area (Å²) < 4.78 is 12.1. The monoisotopic (exact) mass is 574 g/mol. The van der Waals surface area contributed by atoms with Gasteiger partial charge in [0, 0.05) is 36.2 Å². The number of aromatic nitrogens is 1. The Bertz CT molecular complexity index is 1700. The number of amides is 1. The number of aryl methyl sites for hydroxylation is 2. The summed E-state index contributed by atoms with van der Waals surface area (Å²) in [5.74, 6) is 0.701. The van der Waals surface area contributed by atoms with Gasteiger partial charge in [-0.3, -0.25) is 9.59 Å². The second kappa shape index (κ2) is 13.7. The normalized spacial score (nSPS) is 10.8. The molecule has 5 aromatic rings. The number of hydrogen-bond acceptors (Lipinski definition) is 5. The van der Waals surface area contributed by atoms with Gasteiger partial charge >= 0.3 is 5.97 Å². The molecule has 5 rings (SSSR count). The van der Waals surface area contributed by atoms with Crippen LogP contribution in [0.25, 0.3) is 22.6 Å². The van der Waals surface area contributed by atoms with Crippen molar-refractivity contribution in [1.82, 2.24) is 4.98 Å². The molecule has 7 heteroatoms. The van der Waals surface area contributed by atoms with Crippen LogP contribution in [-0.2, 0) is 17.6 Å². The lowest BCUT2D eigenvalue weighted by Crippen LogP contribution is -2.31. The highest BCUT2D eigenvalue weighted by Gasteiger charge is 2.21. The van der Waals surface area contributed by atoms with Gasteiger partial charge in [-0.05, 0) is 73.4 Å². The number of oxazole rings is 1. The third-order valence-corrected chi connectivity index (χ3v) is 7.27. The number of carbonyl (C=O) groups is 2. The van der Waals surface area contributed by atoms with Crippen molar-refractivity contribution in [3.8, 4) is 28.3 Å². The standard InChI is InChI=1S/C36H34N2O5/c1-3-38(30-15-8-5-9-16-30)36(41)32-24-31(19-17-27(32)18-20-34(39)40)42-22-21-33-25(2)43-35(37-33)29-14-10-13-28(23-29)26-11-6-4-7-12-26/h4-17,19,23-24H,3,18,20-22H2,1-2H3,(H,39,40). The van der Waals surface area contributed by atoms with Crippen molar-refractivity contribution in [3.05, 3.63) is 126 Å². The van der Waals surface area contributed by atoms with Crippen molar-refractivity contribution < 1.29 is 23.8 Å². The summed E-state index contributed by atoms with van der Waals surface area (Å²) in [6, 6.07) is 33.0. The lowest BCUT2D eigenvalue weighted by atomic mass is 10.0. The lowest BCUT2D eigenvalue weighted by Gasteiger charge is -2.23. The number of carbonyl (C=O) groups excluding carboxylic acids is 1. The fourth-order valence-electron chi connectivity index (χ4n) is 5.01. The summed E-state index contributed by atoms with van der Waals surface area (Å²) in [6.45, 7) is 4.60. The molecule has 1 amide bonds. The van der Waals surface area contributed by atoms with Crippen molar-refractivity contribution in [2.45, 2.75) is 33.1 Å². The Morgan fingerprint density at radius 3 is 2.26 bits per heavy atom. The molecule has 7 nitrogen and oxygen atoms in total. The second-order valence-corrected chi connectivity index (χ2v) is 10.2. The second-order valence-electron chi connectivity index (χ2n) is 10.2. The molecule has 0 bridgehead atoms.